The monoisotopic (exact) mass is 276 g/mol. The third kappa shape index (κ3) is 2.82. The zero-order chi connectivity index (χ0) is 14.7. The molecule has 0 aliphatic rings. The molecule has 2 N–H and O–H groups in total. The summed E-state index contributed by atoms with van der Waals surface area (Å²) >= 11 is 0. The number of aromatic amines is 1. The number of nitrogens with one attached hydrogen (secondary N) is 1. The molecule has 5 nitrogen and oxygen atoms in total. The number of aryl methyl sites for hydroxylation is 1. The number of hydrogen-bond acceptors (Lipinski definition) is 4. The van der Waals surface area contributed by atoms with Crippen LogP contribution in [0.25, 0.3) is 11.0 Å². The van der Waals surface area contributed by atoms with E-state index in [2.05, 4.69) is 9.97 Å². The smallest absolute Gasteiger partial charge is 0.374 e. The first-order chi connectivity index (χ1) is 9.56. The molecule has 1 aromatic carbocycles. The van der Waals surface area contributed by atoms with E-state index in [9.17, 15) is 9.90 Å². The van der Waals surface area contributed by atoms with Gasteiger partial charge in [0.1, 0.15) is 0 Å². The zero-order valence-corrected chi connectivity index (χ0v) is 12.1. The predicted octanol–water partition coefficient (Wildman–Crippen LogP) is 2.88. The molecule has 2 aromatic rings. The molecular weight excluding hydrogens is 256 g/mol. The van der Waals surface area contributed by atoms with Crippen LogP contribution in [0.1, 0.15) is 54.5 Å². The van der Waals surface area contributed by atoms with Crippen molar-refractivity contribution in [3.8, 4) is 0 Å². The summed E-state index contributed by atoms with van der Waals surface area (Å²) in [7, 11) is 0. The van der Waals surface area contributed by atoms with Crippen LogP contribution in [0.4, 0.5) is 0 Å². The molecule has 0 radical (unpaired) electrons. The van der Waals surface area contributed by atoms with Gasteiger partial charge in [-0.2, -0.15) is 0 Å². The lowest BCUT2D eigenvalue weighted by Gasteiger charge is -2.12. The third-order valence-corrected chi connectivity index (χ3v) is 3.26. The number of carbonyl (C=O) groups is 1. The van der Waals surface area contributed by atoms with Gasteiger partial charge in [-0.1, -0.05) is 13.3 Å². The molecule has 0 aliphatic carbocycles. The molecule has 0 bridgehead atoms. The number of imidazole rings is 1. The van der Waals surface area contributed by atoms with E-state index in [4.69, 9.17) is 4.74 Å². The fraction of sp³-hybridized carbons (Fsp3) is 0.467. The average molecular weight is 276 g/mol. The summed E-state index contributed by atoms with van der Waals surface area (Å²) in [5.74, 6) is -0.264. The Balaban J connectivity index is 2.40. The molecule has 0 saturated carbocycles. The number of ether oxygens (including phenoxy) is 1. The van der Waals surface area contributed by atoms with Gasteiger partial charge in [0.2, 0.25) is 5.82 Å². The second-order valence-electron chi connectivity index (χ2n) is 4.84. The molecule has 0 fully saturated rings. The summed E-state index contributed by atoms with van der Waals surface area (Å²) in [6.07, 6.45) is 1.13. The quantitative estimate of drug-likeness (QED) is 0.823. The highest BCUT2D eigenvalue weighted by Crippen LogP contribution is 2.26. The Morgan fingerprint density at radius 2 is 2.20 bits per heavy atom. The molecular formula is C15H20N2O3. The van der Waals surface area contributed by atoms with Crippen LogP contribution in [-0.2, 0) is 4.74 Å². The maximum absolute atomic E-state index is 11.7. The van der Waals surface area contributed by atoms with Crippen molar-refractivity contribution in [1.29, 1.82) is 0 Å². The summed E-state index contributed by atoms with van der Waals surface area (Å²) in [6.45, 7) is 6.04. The lowest BCUT2D eigenvalue weighted by atomic mass is 9.99. The van der Waals surface area contributed by atoms with Crippen molar-refractivity contribution in [1.82, 2.24) is 9.97 Å². The molecule has 2 rings (SSSR count). The summed E-state index contributed by atoms with van der Waals surface area (Å²) in [5, 5.41) is 10.1. The highest BCUT2D eigenvalue weighted by atomic mass is 16.5. The SMILES string of the molecule is CCCC(O)c1cc2nc(C(=O)OCC)[nH]c2cc1C. The summed E-state index contributed by atoms with van der Waals surface area (Å²) in [6, 6.07) is 3.74. The van der Waals surface area contributed by atoms with E-state index in [1.54, 1.807) is 6.92 Å². The lowest BCUT2D eigenvalue weighted by molar-refractivity contribution is 0.0513. The van der Waals surface area contributed by atoms with Gasteiger partial charge in [0, 0.05) is 0 Å². The number of carbonyl (C=O) groups excluding carboxylic acids is 1. The summed E-state index contributed by atoms with van der Waals surface area (Å²) in [4.78, 5) is 18.8. The Morgan fingerprint density at radius 3 is 2.85 bits per heavy atom. The molecule has 0 spiro atoms. The van der Waals surface area contributed by atoms with E-state index in [1.165, 1.54) is 0 Å². The number of H-pyrrole nitrogens is 1. The van der Waals surface area contributed by atoms with Gasteiger partial charge >= 0.3 is 5.97 Å². The van der Waals surface area contributed by atoms with Gasteiger partial charge in [-0.3, -0.25) is 0 Å². The number of fused-ring (bicyclic) bond motifs is 1. The molecule has 5 heteroatoms. The summed E-state index contributed by atoms with van der Waals surface area (Å²) < 4.78 is 4.92. The normalized spacial score (nSPS) is 12.6. The second-order valence-corrected chi connectivity index (χ2v) is 4.84. The topological polar surface area (TPSA) is 75.2 Å². The number of aromatic nitrogens is 2. The van der Waals surface area contributed by atoms with Crippen LogP contribution in [0, 0.1) is 6.92 Å². The van der Waals surface area contributed by atoms with Crippen LogP contribution in [0.3, 0.4) is 0 Å². The number of benzene rings is 1. The Kier molecular flexibility index (Phi) is 4.39. The van der Waals surface area contributed by atoms with Gasteiger partial charge in [0.05, 0.1) is 23.7 Å². The first-order valence-corrected chi connectivity index (χ1v) is 6.92. The molecule has 1 unspecified atom stereocenters. The van der Waals surface area contributed by atoms with Gasteiger partial charge in [-0.25, -0.2) is 9.78 Å². The Hall–Kier alpha value is -1.88. The zero-order valence-electron chi connectivity index (χ0n) is 12.1. The first-order valence-electron chi connectivity index (χ1n) is 6.92. The largest absolute Gasteiger partial charge is 0.460 e. The lowest BCUT2D eigenvalue weighted by Crippen LogP contribution is -2.06. The fourth-order valence-corrected chi connectivity index (χ4v) is 2.27. The number of esters is 1. The molecule has 0 amide bonds. The maximum atomic E-state index is 11.7. The van der Waals surface area contributed by atoms with Crippen LogP contribution in [0.15, 0.2) is 12.1 Å². The van der Waals surface area contributed by atoms with E-state index < -0.39 is 12.1 Å². The van der Waals surface area contributed by atoms with Crippen molar-refractivity contribution in [2.45, 2.75) is 39.7 Å². The molecule has 20 heavy (non-hydrogen) atoms. The number of aliphatic hydroxyl groups is 1. The van der Waals surface area contributed by atoms with Crippen LogP contribution in [-0.4, -0.2) is 27.7 Å². The van der Waals surface area contributed by atoms with Crippen molar-refractivity contribution < 1.29 is 14.6 Å². The van der Waals surface area contributed by atoms with Crippen LogP contribution in [0.2, 0.25) is 0 Å². The highest BCUT2D eigenvalue weighted by Gasteiger charge is 2.16. The second kappa shape index (κ2) is 6.05. The van der Waals surface area contributed by atoms with Crippen LogP contribution >= 0.6 is 0 Å². The van der Waals surface area contributed by atoms with Gasteiger partial charge in [-0.15, -0.1) is 0 Å². The Labute approximate surface area is 118 Å². The predicted molar refractivity (Wildman–Crippen MR) is 76.7 cm³/mol. The van der Waals surface area contributed by atoms with Gasteiger partial charge in [-0.05, 0) is 43.5 Å². The molecule has 1 heterocycles. The fourth-order valence-electron chi connectivity index (χ4n) is 2.27. The minimum Gasteiger partial charge on any atom is -0.460 e. The van der Waals surface area contributed by atoms with Crippen molar-refractivity contribution >= 4 is 17.0 Å². The van der Waals surface area contributed by atoms with Crippen molar-refractivity contribution in [2.24, 2.45) is 0 Å². The van der Waals surface area contributed by atoms with Crippen molar-refractivity contribution in [3.05, 3.63) is 29.1 Å². The highest BCUT2D eigenvalue weighted by molar-refractivity contribution is 5.90. The number of nitrogens with zero attached hydrogens (tertiary/aromatic N) is 1. The van der Waals surface area contributed by atoms with E-state index in [0.29, 0.717) is 18.5 Å². The number of hydrogen-bond donors (Lipinski definition) is 2. The van der Waals surface area contributed by atoms with E-state index in [1.807, 2.05) is 26.0 Å². The molecule has 108 valence electrons. The van der Waals surface area contributed by atoms with E-state index >= 15 is 0 Å². The molecule has 1 aromatic heterocycles. The van der Waals surface area contributed by atoms with Gasteiger partial charge < -0.3 is 14.8 Å². The van der Waals surface area contributed by atoms with Crippen LogP contribution in [0.5, 0.6) is 0 Å². The number of aliphatic hydroxyl groups excluding tert-OH is 1. The van der Waals surface area contributed by atoms with Gasteiger partial charge in [0.15, 0.2) is 0 Å². The van der Waals surface area contributed by atoms with Crippen molar-refractivity contribution in [3.63, 3.8) is 0 Å². The number of rotatable bonds is 5. The minimum absolute atomic E-state index is 0.198. The molecule has 1 atom stereocenters. The average Bonchev–Trinajstić information content (AvgIpc) is 2.81. The standard InChI is InChI=1S/C15H20N2O3/c1-4-6-13(18)10-8-12-11(7-9(10)3)16-14(17-12)15(19)20-5-2/h7-8,13,18H,4-6H2,1-3H3,(H,16,17). The Bertz CT molecular complexity index is 619. The first kappa shape index (κ1) is 14.5. The third-order valence-electron chi connectivity index (χ3n) is 3.26. The Morgan fingerprint density at radius 1 is 1.45 bits per heavy atom. The van der Waals surface area contributed by atoms with E-state index in [-0.39, 0.29) is 5.82 Å². The summed E-state index contributed by atoms with van der Waals surface area (Å²) in [5.41, 5.74) is 3.29. The van der Waals surface area contributed by atoms with Crippen molar-refractivity contribution in [2.75, 3.05) is 6.61 Å². The van der Waals surface area contributed by atoms with Gasteiger partial charge in [0.25, 0.3) is 0 Å². The minimum atomic E-state index is -0.493. The van der Waals surface area contributed by atoms with E-state index in [0.717, 1.165) is 23.1 Å². The molecule has 0 saturated heterocycles. The maximum Gasteiger partial charge on any atom is 0.374 e. The van der Waals surface area contributed by atoms with Crippen LogP contribution < -0.4 is 0 Å². The molecule has 0 aliphatic heterocycles.